The zero-order chi connectivity index (χ0) is 23.5. The van der Waals surface area contributed by atoms with Crippen LogP contribution in [0, 0.1) is 5.92 Å². The second kappa shape index (κ2) is 12.5. The van der Waals surface area contributed by atoms with Crippen molar-refractivity contribution < 1.29 is 29.0 Å². The number of anilines is 1. The molecule has 2 aromatic rings. The number of benzene rings is 2. The molecule has 1 atom stereocenters. The van der Waals surface area contributed by atoms with Crippen molar-refractivity contribution in [3.63, 3.8) is 0 Å². The van der Waals surface area contributed by atoms with Gasteiger partial charge in [-0.3, -0.25) is 14.4 Å². The first kappa shape index (κ1) is 24.9. The first-order valence-corrected chi connectivity index (χ1v) is 10.8. The number of ether oxygens (including phenoxy) is 2. The summed E-state index contributed by atoms with van der Waals surface area (Å²) in [6.45, 7) is 3.99. The maximum atomic E-state index is 12.2. The average Bonchev–Trinajstić information content (AvgIpc) is 2.78. The molecule has 0 unspecified atom stereocenters. The number of aliphatic carboxylic acids is 1. The molecule has 2 N–H and O–H groups in total. The molecule has 0 fully saturated rings. The molecule has 0 radical (unpaired) electrons. The quantitative estimate of drug-likeness (QED) is 0.464. The SMILES string of the molecule is CCOC(=O)[C@@H](C)CCCc1cc(-c2ccccc2OC)ccc1NC(=O)CCC(=O)O. The van der Waals surface area contributed by atoms with Gasteiger partial charge in [0.25, 0.3) is 0 Å². The molecule has 7 heteroatoms. The molecule has 0 bridgehead atoms. The number of esters is 1. The Morgan fingerprint density at radius 2 is 1.84 bits per heavy atom. The van der Waals surface area contributed by atoms with Crippen molar-refractivity contribution in [1.29, 1.82) is 0 Å². The Kier molecular flexibility index (Phi) is 9.73. The highest BCUT2D eigenvalue weighted by Gasteiger charge is 2.16. The Bertz CT molecular complexity index is 940. The molecule has 0 saturated carbocycles. The van der Waals surface area contributed by atoms with Gasteiger partial charge in [-0.05, 0) is 55.5 Å². The molecule has 32 heavy (non-hydrogen) atoms. The number of para-hydroxylation sites is 1. The van der Waals surface area contributed by atoms with E-state index in [1.165, 1.54) is 0 Å². The fraction of sp³-hybridized carbons (Fsp3) is 0.400. The Hall–Kier alpha value is -3.35. The Balaban J connectivity index is 2.23. The van der Waals surface area contributed by atoms with Crippen molar-refractivity contribution in [2.45, 2.75) is 46.0 Å². The maximum Gasteiger partial charge on any atom is 0.308 e. The van der Waals surface area contributed by atoms with E-state index in [9.17, 15) is 14.4 Å². The van der Waals surface area contributed by atoms with Crippen LogP contribution in [0.15, 0.2) is 42.5 Å². The zero-order valence-electron chi connectivity index (χ0n) is 18.8. The second-order valence-electron chi connectivity index (χ2n) is 7.56. The number of hydrogen-bond acceptors (Lipinski definition) is 5. The summed E-state index contributed by atoms with van der Waals surface area (Å²) in [6.07, 6.45) is 1.71. The van der Waals surface area contributed by atoms with Gasteiger partial charge in [0, 0.05) is 17.7 Å². The van der Waals surface area contributed by atoms with E-state index in [0.717, 1.165) is 28.9 Å². The summed E-state index contributed by atoms with van der Waals surface area (Å²) in [4.78, 5) is 34.9. The summed E-state index contributed by atoms with van der Waals surface area (Å²) in [5, 5.41) is 11.6. The van der Waals surface area contributed by atoms with E-state index in [1.54, 1.807) is 14.0 Å². The van der Waals surface area contributed by atoms with Gasteiger partial charge in [-0.2, -0.15) is 0 Å². The van der Waals surface area contributed by atoms with Crippen LogP contribution in [-0.2, 0) is 25.5 Å². The molecule has 0 aliphatic carbocycles. The van der Waals surface area contributed by atoms with Gasteiger partial charge in [0.05, 0.1) is 26.1 Å². The number of carboxylic acid groups (broad SMARTS) is 1. The molecule has 0 saturated heterocycles. The third kappa shape index (κ3) is 7.41. The van der Waals surface area contributed by atoms with Crippen LogP contribution >= 0.6 is 0 Å². The van der Waals surface area contributed by atoms with Gasteiger partial charge < -0.3 is 19.9 Å². The average molecular weight is 442 g/mol. The molecule has 2 aromatic carbocycles. The van der Waals surface area contributed by atoms with E-state index >= 15 is 0 Å². The van der Waals surface area contributed by atoms with E-state index in [4.69, 9.17) is 14.6 Å². The van der Waals surface area contributed by atoms with Gasteiger partial charge in [0.2, 0.25) is 5.91 Å². The van der Waals surface area contributed by atoms with Gasteiger partial charge in [-0.25, -0.2) is 0 Å². The van der Waals surface area contributed by atoms with Gasteiger partial charge in [-0.1, -0.05) is 31.2 Å². The Morgan fingerprint density at radius 1 is 1.09 bits per heavy atom. The normalized spacial score (nSPS) is 11.5. The summed E-state index contributed by atoms with van der Waals surface area (Å²) in [7, 11) is 1.62. The second-order valence-corrected chi connectivity index (χ2v) is 7.56. The summed E-state index contributed by atoms with van der Waals surface area (Å²) >= 11 is 0. The van der Waals surface area contributed by atoms with Crippen LogP contribution < -0.4 is 10.1 Å². The van der Waals surface area contributed by atoms with Gasteiger partial charge in [0.15, 0.2) is 0 Å². The zero-order valence-corrected chi connectivity index (χ0v) is 18.8. The molecular formula is C25H31NO6. The van der Waals surface area contributed by atoms with Crippen LogP contribution in [0.1, 0.15) is 45.1 Å². The minimum atomic E-state index is -1.01. The predicted molar refractivity (Wildman–Crippen MR) is 123 cm³/mol. The van der Waals surface area contributed by atoms with Crippen LogP contribution in [-0.4, -0.2) is 36.7 Å². The Labute approximate surface area is 188 Å². The molecule has 0 heterocycles. The number of carbonyl (C=O) groups is 3. The van der Waals surface area contributed by atoms with Crippen molar-refractivity contribution in [2.75, 3.05) is 19.0 Å². The molecular weight excluding hydrogens is 410 g/mol. The fourth-order valence-corrected chi connectivity index (χ4v) is 3.41. The van der Waals surface area contributed by atoms with Crippen molar-refractivity contribution >= 4 is 23.5 Å². The molecule has 2 rings (SSSR count). The maximum absolute atomic E-state index is 12.2. The number of carboxylic acids is 1. The minimum Gasteiger partial charge on any atom is -0.496 e. The molecule has 1 amide bonds. The van der Waals surface area contributed by atoms with E-state index in [2.05, 4.69) is 5.32 Å². The van der Waals surface area contributed by atoms with E-state index in [0.29, 0.717) is 25.1 Å². The predicted octanol–water partition coefficient (Wildman–Crippen LogP) is 4.69. The third-order valence-corrected chi connectivity index (χ3v) is 5.14. The summed E-state index contributed by atoms with van der Waals surface area (Å²) in [5.41, 5.74) is 3.43. The summed E-state index contributed by atoms with van der Waals surface area (Å²) in [5.74, 6) is -1.04. The van der Waals surface area contributed by atoms with Crippen molar-refractivity contribution in [1.82, 2.24) is 0 Å². The highest BCUT2D eigenvalue weighted by Crippen LogP contribution is 2.33. The minimum absolute atomic E-state index is 0.0943. The lowest BCUT2D eigenvalue weighted by Gasteiger charge is -2.16. The summed E-state index contributed by atoms with van der Waals surface area (Å²) in [6, 6.07) is 13.4. The van der Waals surface area contributed by atoms with Crippen molar-refractivity contribution in [3.8, 4) is 16.9 Å². The van der Waals surface area contributed by atoms with E-state index in [1.807, 2.05) is 49.4 Å². The van der Waals surface area contributed by atoms with Gasteiger partial charge in [-0.15, -0.1) is 0 Å². The standard InChI is InChI=1S/C25H31NO6/c1-4-32-25(30)17(2)8-7-9-19-16-18(20-10-5-6-11-22(20)31-3)12-13-21(19)26-23(27)14-15-24(28)29/h5-6,10-13,16-17H,4,7-9,14-15H2,1-3H3,(H,26,27)(H,28,29)/t17-/m0/s1. The van der Waals surface area contributed by atoms with Crippen LogP contribution in [0.25, 0.3) is 11.1 Å². The number of rotatable bonds is 12. The topological polar surface area (TPSA) is 102 Å². The third-order valence-electron chi connectivity index (χ3n) is 5.14. The van der Waals surface area contributed by atoms with Crippen LogP contribution in [0.3, 0.4) is 0 Å². The van der Waals surface area contributed by atoms with Crippen LogP contribution in [0.4, 0.5) is 5.69 Å². The number of hydrogen-bond donors (Lipinski definition) is 2. The molecule has 0 aliphatic rings. The smallest absolute Gasteiger partial charge is 0.308 e. The lowest BCUT2D eigenvalue weighted by molar-refractivity contribution is -0.147. The first-order chi connectivity index (χ1) is 15.3. The van der Waals surface area contributed by atoms with E-state index < -0.39 is 5.97 Å². The van der Waals surface area contributed by atoms with Crippen LogP contribution in [0.2, 0.25) is 0 Å². The molecule has 172 valence electrons. The molecule has 7 nitrogen and oxygen atoms in total. The lowest BCUT2D eigenvalue weighted by Crippen LogP contribution is -2.16. The van der Waals surface area contributed by atoms with Gasteiger partial charge >= 0.3 is 11.9 Å². The largest absolute Gasteiger partial charge is 0.496 e. The number of carbonyl (C=O) groups excluding carboxylic acids is 2. The van der Waals surface area contributed by atoms with Crippen LogP contribution in [0.5, 0.6) is 5.75 Å². The van der Waals surface area contributed by atoms with Gasteiger partial charge in [0.1, 0.15) is 5.75 Å². The monoisotopic (exact) mass is 441 g/mol. The van der Waals surface area contributed by atoms with Crippen molar-refractivity contribution in [3.05, 3.63) is 48.0 Å². The van der Waals surface area contributed by atoms with Crippen molar-refractivity contribution in [2.24, 2.45) is 5.92 Å². The molecule has 0 aliphatic heterocycles. The summed E-state index contributed by atoms with van der Waals surface area (Å²) < 4.78 is 10.5. The van der Waals surface area contributed by atoms with E-state index in [-0.39, 0.29) is 30.6 Å². The number of methoxy groups -OCH3 is 1. The number of aryl methyl sites for hydroxylation is 1. The lowest BCUT2D eigenvalue weighted by atomic mass is 9.96. The Morgan fingerprint density at radius 3 is 2.53 bits per heavy atom. The highest BCUT2D eigenvalue weighted by molar-refractivity contribution is 5.93. The number of nitrogens with one attached hydrogen (secondary N) is 1. The molecule has 0 aromatic heterocycles. The highest BCUT2D eigenvalue weighted by atomic mass is 16.5. The fourth-order valence-electron chi connectivity index (χ4n) is 3.41. The molecule has 0 spiro atoms. The number of amides is 1. The first-order valence-electron chi connectivity index (χ1n) is 10.8.